The molecular formula is C50H28F6N4. The standard InChI is InChI=1S/C50H28F6N4/c51-49(52,53)32-25-31(26-33(27-32)50(54,55)56)46-41-23-19-29-9-1-2-10-36(29)47(41)58-48(57-46)30-17-20-34(21-18-30)59-42-14-6-5-13-39(42)40-24-22-35(28-45(40)59)60-43-15-7-3-11-37(43)38-12-4-8-16-44(38)60/h1-28H. The Labute approximate surface area is 337 Å². The third kappa shape index (κ3) is 5.62. The molecule has 0 saturated carbocycles. The van der Waals surface area contributed by atoms with E-state index in [0.717, 1.165) is 72.5 Å². The van der Waals surface area contributed by atoms with Crippen LogP contribution in [-0.2, 0) is 12.4 Å². The van der Waals surface area contributed by atoms with E-state index < -0.39 is 23.5 Å². The maximum Gasteiger partial charge on any atom is 0.416 e. The van der Waals surface area contributed by atoms with E-state index >= 15 is 0 Å². The fourth-order valence-corrected chi connectivity index (χ4v) is 8.64. The Morgan fingerprint density at radius 2 is 0.850 bits per heavy atom. The molecule has 11 aromatic rings. The predicted molar refractivity (Wildman–Crippen MR) is 227 cm³/mol. The predicted octanol–water partition coefficient (Wildman–Crippen LogP) is 14.3. The van der Waals surface area contributed by atoms with Crippen LogP contribution >= 0.6 is 0 Å². The topological polar surface area (TPSA) is 35.6 Å². The normalized spacial score (nSPS) is 12.5. The van der Waals surface area contributed by atoms with Gasteiger partial charge in [-0.1, -0.05) is 91.0 Å². The molecule has 0 saturated heterocycles. The number of alkyl halides is 6. The van der Waals surface area contributed by atoms with E-state index in [2.05, 4.69) is 63.7 Å². The molecule has 0 amide bonds. The number of halogens is 6. The molecule has 0 fully saturated rings. The van der Waals surface area contributed by atoms with Crippen molar-refractivity contribution < 1.29 is 26.3 Å². The zero-order chi connectivity index (χ0) is 40.9. The average Bonchev–Trinajstić information content (AvgIpc) is 3.78. The molecular weight excluding hydrogens is 771 g/mol. The van der Waals surface area contributed by atoms with Gasteiger partial charge < -0.3 is 9.13 Å². The highest BCUT2D eigenvalue weighted by atomic mass is 19.4. The van der Waals surface area contributed by atoms with Crippen LogP contribution in [-0.4, -0.2) is 19.1 Å². The van der Waals surface area contributed by atoms with Crippen molar-refractivity contribution in [2.45, 2.75) is 12.4 Å². The van der Waals surface area contributed by atoms with Crippen molar-refractivity contribution in [3.63, 3.8) is 0 Å². The van der Waals surface area contributed by atoms with E-state index in [1.54, 1.807) is 12.1 Å². The van der Waals surface area contributed by atoms with E-state index in [4.69, 9.17) is 9.97 Å². The number of hydrogen-bond donors (Lipinski definition) is 0. The van der Waals surface area contributed by atoms with Gasteiger partial charge in [0.15, 0.2) is 5.82 Å². The van der Waals surface area contributed by atoms with Crippen molar-refractivity contribution in [3.05, 3.63) is 181 Å². The van der Waals surface area contributed by atoms with Gasteiger partial charge in [0.25, 0.3) is 0 Å². The smallest absolute Gasteiger partial charge is 0.309 e. The second-order valence-electron chi connectivity index (χ2n) is 14.8. The Kier molecular flexibility index (Phi) is 7.75. The molecule has 0 radical (unpaired) electrons. The first-order chi connectivity index (χ1) is 29.0. The van der Waals surface area contributed by atoms with Crippen molar-refractivity contribution in [1.82, 2.24) is 19.1 Å². The van der Waals surface area contributed by atoms with Crippen LogP contribution in [0.5, 0.6) is 0 Å². The van der Waals surface area contributed by atoms with Crippen molar-refractivity contribution >= 4 is 65.3 Å². The Balaban J connectivity index is 1.10. The quantitative estimate of drug-likeness (QED) is 0.131. The Hall–Kier alpha value is -7.46. The third-order valence-corrected chi connectivity index (χ3v) is 11.3. The lowest BCUT2D eigenvalue weighted by Gasteiger charge is -2.16. The Bertz CT molecular complexity index is 3440. The number of aromatic nitrogens is 4. The molecule has 0 bridgehead atoms. The van der Waals surface area contributed by atoms with Crippen molar-refractivity contribution in [1.29, 1.82) is 0 Å². The van der Waals surface area contributed by atoms with Gasteiger partial charge in [-0.15, -0.1) is 0 Å². The van der Waals surface area contributed by atoms with E-state index in [1.807, 2.05) is 84.9 Å². The number of para-hydroxylation sites is 3. The summed E-state index contributed by atoms with van der Waals surface area (Å²) >= 11 is 0. The van der Waals surface area contributed by atoms with Gasteiger partial charge >= 0.3 is 12.4 Å². The van der Waals surface area contributed by atoms with Crippen LogP contribution in [0.3, 0.4) is 0 Å². The molecule has 0 N–H and O–H groups in total. The molecule has 60 heavy (non-hydrogen) atoms. The van der Waals surface area contributed by atoms with Gasteiger partial charge in [-0.3, -0.25) is 0 Å². The number of benzene rings is 8. The van der Waals surface area contributed by atoms with E-state index in [-0.39, 0.29) is 23.1 Å². The molecule has 8 aromatic carbocycles. The minimum absolute atomic E-state index is 0.0404. The first-order valence-corrected chi connectivity index (χ1v) is 19.1. The second kappa shape index (κ2) is 13.0. The van der Waals surface area contributed by atoms with Crippen molar-refractivity contribution in [2.75, 3.05) is 0 Å². The first kappa shape index (κ1) is 35.7. The van der Waals surface area contributed by atoms with Gasteiger partial charge in [-0.25, -0.2) is 9.97 Å². The van der Waals surface area contributed by atoms with E-state index in [0.29, 0.717) is 21.9 Å². The summed E-state index contributed by atoms with van der Waals surface area (Å²) in [5, 5.41) is 6.26. The summed E-state index contributed by atoms with van der Waals surface area (Å²) in [6.07, 6.45) is -10.1. The number of hydrogen-bond acceptors (Lipinski definition) is 2. The summed E-state index contributed by atoms with van der Waals surface area (Å²) in [7, 11) is 0. The minimum atomic E-state index is -5.03. The summed E-state index contributed by atoms with van der Waals surface area (Å²) in [6.45, 7) is 0. The molecule has 10 heteroatoms. The molecule has 290 valence electrons. The Morgan fingerprint density at radius 3 is 1.43 bits per heavy atom. The summed E-state index contributed by atoms with van der Waals surface area (Å²) in [4.78, 5) is 9.64. The fraction of sp³-hybridized carbons (Fsp3) is 0.0400. The SMILES string of the molecule is FC(F)(F)c1cc(-c2nc(-c3ccc(-n4c5ccccc5c5ccc(-n6c7ccccc7c7ccccc76)cc54)cc3)nc3c2ccc2ccccc23)cc(C(F)(F)F)c1. The first-order valence-electron chi connectivity index (χ1n) is 19.1. The summed E-state index contributed by atoms with van der Waals surface area (Å²) < 4.78 is 89.0. The summed E-state index contributed by atoms with van der Waals surface area (Å²) in [5.74, 6) is 0.155. The van der Waals surface area contributed by atoms with Gasteiger partial charge in [0.05, 0.1) is 44.4 Å². The highest BCUT2D eigenvalue weighted by molar-refractivity contribution is 6.12. The number of nitrogens with zero attached hydrogens (tertiary/aromatic N) is 4. The lowest BCUT2D eigenvalue weighted by molar-refractivity contribution is -0.143. The molecule has 0 atom stereocenters. The largest absolute Gasteiger partial charge is 0.416 e. The molecule has 0 spiro atoms. The summed E-state index contributed by atoms with van der Waals surface area (Å²) in [5.41, 5.74) is 3.72. The number of fused-ring (bicyclic) bond motifs is 9. The van der Waals surface area contributed by atoms with Crippen LogP contribution in [0.25, 0.3) is 99.3 Å². The van der Waals surface area contributed by atoms with Gasteiger partial charge in [-0.2, -0.15) is 26.3 Å². The highest BCUT2D eigenvalue weighted by Crippen LogP contribution is 2.42. The zero-order valence-corrected chi connectivity index (χ0v) is 31.2. The van der Waals surface area contributed by atoms with Crippen LogP contribution in [0.1, 0.15) is 11.1 Å². The molecule has 11 rings (SSSR count). The van der Waals surface area contributed by atoms with Gasteiger partial charge in [0.1, 0.15) is 0 Å². The zero-order valence-electron chi connectivity index (χ0n) is 31.2. The lowest BCUT2D eigenvalue weighted by Crippen LogP contribution is -2.11. The Morgan fingerprint density at radius 1 is 0.367 bits per heavy atom. The van der Waals surface area contributed by atoms with Crippen LogP contribution in [0.2, 0.25) is 0 Å². The van der Waals surface area contributed by atoms with Gasteiger partial charge in [-0.05, 0) is 84.2 Å². The van der Waals surface area contributed by atoms with Gasteiger partial charge in [0.2, 0.25) is 0 Å². The fourth-order valence-electron chi connectivity index (χ4n) is 8.64. The van der Waals surface area contributed by atoms with E-state index in [1.165, 1.54) is 0 Å². The van der Waals surface area contributed by atoms with Crippen LogP contribution in [0.4, 0.5) is 26.3 Å². The average molecular weight is 799 g/mol. The third-order valence-electron chi connectivity index (χ3n) is 11.3. The molecule has 3 aromatic heterocycles. The van der Waals surface area contributed by atoms with E-state index in [9.17, 15) is 26.3 Å². The molecule has 3 heterocycles. The van der Waals surface area contributed by atoms with Crippen molar-refractivity contribution in [2.24, 2.45) is 0 Å². The van der Waals surface area contributed by atoms with Crippen molar-refractivity contribution in [3.8, 4) is 34.0 Å². The van der Waals surface area contributed by atoms with Crippen LogP contribution in [0.15, 0.2) is 170 Å². The molecule has 4 nitrogen and oxygen atoms in total. The maximum absolute atomic E-state index is 14.1. The molecule has 0 aliphatic rings. The van der Waals surface area contributed by atoms with Gasteiger partial charge in [0, 0.05) is 54.8 Å². The summed E-state index contributed by atoms with van der Waals surface area (Å²) in [6, 6.07) is 51.2. The molecule has 0 aliphatic carbocycles. The monoisotopic (exact) mass is 798 g/mol. The molecule has 0 aliphatic heterocycles. The van der Waals surface area contributed by atoms with Crippen LogP contribution < -0.4 is 0 Å². The van der Waals surface area contributed by atoms with Crippen LogP contribution in [0, 0.1) is 0 Å². The lowest BCUT2D eigenvalue weighted by atomic mass is 9.98. The highest BCUT2D eigenvalue weighted by Gasteiger charge is 2.37. The maximum atomic E-state index is 14.1. The number of rotatable bonds is 4. The molecule has 0 unspecified atom stereocenters. The second-order valence-corrected chi connectivity index (χ2v) is 14.8. The minimum Gasteiger partial charge on any atom is -0.309 e.